The largest absolute Gasteiger partial charge is 0.343 e. The van der Waals surface area contributed by atoms with Gasteiger partial charge >= 0.3 is 0 Å². The Balaban J connectivity index is 1.46. The van der Waals surface area contributed by atoms with E-state index < -0.39 is 0 Å². The van der Waals surface area contributed by atoms with Gasteiger partial charge in [0, 0.05) is 10.9 Å². The summed E-state index contributed by atoms with van der Waals surface area (Å²) in [5.74, 6) is 0.272. The zero-order chi connectivity index (χ0) is 17.1. The molecule has 2 N–H and O–H groups in total. The average molecular weight is 351 g/mol. The molecule has 0 aliphatic rings. The third-order valence-corrected chi connectivity index (χ3v) is 4.26. The fourth-order valence-electron chi connectivity index (χ4n) is 2.34. The number of hydrogen-bond acceptors (Lipinski definition) is 6. The van der Waals surface area contributed by atoms with Crippen molar-refractivity contribution in [3.05, 3.63) is 64.7 Å². The molecule has 124 valence electrons. The highest BCUT2D eigenvalue weighted by Gasteiger charge is 2.13. The number of tetrazole rings is 1. The van der Waals surface area contributed by atoms with E-state index >= 15 is 0 Å². The molecular formula is C16H13N7OS. The van der Waals surface area contributed by atoms with Crippen LogP contribution >= 0.6 is 11.3 Å². The molecule has 4 rings (SSSR count). The van der Waals surface area contributed by atoms with Gasteiger partial charge in [0.1, 0.15) is 5.69 Å². The number of rotatable bonds is 5. The minimum absolute atomic E-state index is 0.202. The van der Waals surface area contributed by atoms with Crippen LogP contribution in [0.5, 0.6) is 0 Å². The SMILES string of the molecule is O=C(NCc1nnnn1-c1ccccc1)c1cc(-c2ccsc2)n[nH]1. The van der Waals surface area contributed by atoms with E-state index in [0.717, 1.165) is 16.9 Å². The molecule has 1 amide bonds. The molecule has 0 aliphatic heterocycles. The van der Waals surface area contributed by atoms with Gasteiger partial charge in [0.25, 0.3) is 5.91 Å². The van der Waals surface area contributed by atoms with Crippen LogP contribution in [0.15, 0.2) is 53.2 Å². The van der Waals surface area contributed by atoms with Crippen molar-refractivity contribution in [2.75, 3.05) is 0 Å². The van der Waals surface area contributed by atoms with Gasteiger partial charge in [-0.3, -0.25) is 9.89 Å². The van der Waals surface area contributed by atoms with E-state index in [9.17, 15) is 4.79 Å². The number of amides is 1. The van der Waals surface area contributed by atoms with E-state index in [1.54, 1.807) is 22.1 Å². The van der Waals surface area contributed by atoms with Gasteiger partial charge in [-0.25, -0.2) is 0 Å². The van der Waals surface area contributed by atoms with Gasteiger partial charge in [-0.15, -0.1) is 5.10 Å². The Hall–Kier alpha value is -3.33. The number of carbonyl (C=O) groups excluding carboxylic acids is 1. The monoisotopic (exact) mass is 351 g/mol. The second-order valence-electron chi connectivity index (χ2n) is 5.20. The minimum Gasteiger partial charge on any atom is -0.343 e. The molecule has 0 atom stereocenters. The van der Waals surface area contributed by atoms with Crippen LogP contribution in [0.1, 0.15) is 16.3 Å². The lowest BCUT2D eigenvalue weighted by atomic mass is 10.2. The quantitative estimate of drug-likeness (QED) is 0.573. The lowest BCUT2D eigenvalue weighted by Crippen LogP contribution is -2.25. The Morgan fingerprint density at radius 1 is 1.24 bits per heavy atom. The molecule has 8 nitrogen and oxygen atoms in total. The van der Waals surface area contributed by atoms with E-state index in [0.29, 0.717) is 11.5 Å². The number of thiophene rings is 1. The molecule has 0 fully saturated rings. The first kappa shape index (κ1) is 15.2. The summed E-state index contributed by atoms with van der Waals surface area (Å²) in [4.78, 5) is 12.3. The van der Waals surface area contributed by atoms with Gasteiger partial charge < -0.3 is 5.32 Å². The van der Waals surface area contributed by atoms with Gasteiger partial charge in [-0.1, -0.05) is 18.2 Å². The van der Waals surface area contributed by atoms with Crippen molar-refractivity contribution in [3.63, 3.8) is 0 Å². The maximum absolute atomic E-state index is 12.3. The summed E-state index contributed by atoms with van der Waals surface area (Å²) < 4.78 is 1.59. The number of aromatic amines is 1. The Labute approximate surface area is 146 Å². The van der Waals surface area contributed by atoms with E-state index in [-0.39, 0.29) is 12.5 Å². The molecule has 0 aliphatic carbocycles. The molecule has 3 heterocycles. The molecule has 0 saturated carbocycles. The van der Waals surface area contributed by atoms with E-state index in [2.05, 4.69) is 31.0 Å². The number of H-pyrrole nitrogens is 1. The third-order valence-electron chi connectivity index (χ3n) is 3.58. The Morgan fingerprint density at radius 2 is 2.12 bits per heavy atom. The summed E-state index contributed by atoms with van der Waals surface area (Å²) in [5.41, 5.74) is 2.94. The summed E-state index contributed by atoms with van der Waals surface area (Å²) >= 11 is 1.58. The van der Waals surface area contributed by atoms with Crippen LogP contribution in [0.3, 0.4) is 0 Å². The van der Waals surface area contributed by atoms with Gasteiger partial charge in [-0.05, 0) is 40.1 Å². The number of nitrogens with zero attached hydrogens (tertiary/aromatic N) is 5. The van der Waals surface area contributed by atoms with Crippen molar-refractivity contribution in [1.29, 1.82) is 0 Å². The zero-order valence-electron chi connectivity index (χ0n) is 13.0. The van der Waals surface area contributed by atoms with Crippen LogP contribution in [0.2, 0.25) is 0 Å². The first-order chi connectivity index (χ1) is 12.3. The molecule has 9 heteroatoms. The molecule has 0 bridgehead atoms. The highest BCUT2D eigenvalue weighted by atomic mass is 32.1. The van der Waals surface area contributed by atoms with Crippen LogP contribution in [0, 0.1) is 0 Å². The fraction of sp³-hybridized carbons (Fsp3) is 0.0625. The van der Waals surface area contributed by atoms with Crippen molar-refractivity contribution >= 4 is 17.2 Å². The normalized spacial score (nSPS) is 10.7. The predicted octanol–water partition coefficient (Wildman–Crippen LogP) is 2.04. The summed E-state index contributed by atoms with van der Waals surface area (Å²) in [6, 6.07) is 13.2. The molecular weight excluding hydrogens is 338 g/mol. The number of para-hydroxylation sites is 1. The van der Waals surface area contributed by atoms with E-state index in [1.165, 1.54) is 0 Å². The van der Waals surface area contributed by atoms with Crippen LogP contribution in [-0.4, -0.2) is 36.3 Å². The van der Waals surface area contributed by atoms with E-state index in [4.69, 9.17) is 0 Å². The number of nitrogens with one attached hydrogen (secondary N) is 2. The average Bonchev–Trinajstić information content (AvgIpc) is 3.41. The molecule has 0 saturated heterocycles. The maximum atomic E-state index is 12.3. The Kier molecular flexibility index (Phi) is 4.05. The van der Waals surface area contributed by atoms with Crippen LogP contribution in [0.25, 0.3) is 16.9 Å². The Morgan fingerprint density at radius 3 is 2.92 bits per heavy atom. The summed E-state index contributed by atoms with van der Waals surface area (Å²) in [5, 5.41) is 25.3. The molecule has 0 radical (unpaired) electrons. The Bertz CT molecular complexity index is 975. The van der Waals surface area contributed by atoms with Gasteiger partial charge in [0.2, 0.25) is 0 Å². The number of hydrogen-bond donors (Lipinski definition) is 2. The highest BCUT2D eigenvalue weighted by Crippen LogP contribution is 2.20. The van der Waals surface area contributed by atoms with Crippen molar-refractivity contribution in [1.82, 2.24) is 35.7 Å². The number of carbonyl (C=O) groups is 1. The summed E-state index contributed by atoms with van der Waals surface area (Å²) in [6.45, 7) is 0.202. The second-order valence-corrected chi connectivity index (χ2v) is 5.98. The maximum Gasteiger partial charge on any atom is 0.269 e. The topological polar surface area (TPSA) is 101 Å². The van der Waals surface area contributed by atoms with Crippen LogP contribution in [-0.2, 0) is 6.54 Å². The first-order valence-corrected chi connectivity index (χ1v) is 8.44. The van der Waals surface area contributed by atoms with Crippen molar-refractivity contribution < 1.29 is 4.79 Å². The van der Waals surface area contributed by atoms with Crippen molar-refractivity contribution in [3.8, 4) is 16.9 Å². The molecule has 0 spiro atoms. The van der Waals surface area contributed by atoms with Gasteiger partial charge in [0.05, 0.1) is 17.9 Å². The molecule has 4 aromatic rings. The number of aromatic nitrogens is 6. The zero-order valence-corrected chi connectivity index (χ0v) is 13.8. The van der Waals surface area contributed by atoms with E-state index in [1.807, 2.05) is 47.2 Å². The smallest absolute Gasteiger partial charge is 0.269 e. The van der Waals surface area contributed by atoms with Crippen LogP contribution < -0.4 is 5.32 Å². The lowest BCUT2D eigenvalue weighted by Gasteiger charge is -2.05. The third kappa shape index (κ3) is 3.17. The van der Waals surface area contributed by atoms with Crippen LogP contribution in [0.4, 0.5) is 0 Å². The number of benzene rings is 1. The summed E-state index contributed by atoms with van der Waals surface area (Å²) in [6.07, 6.45) is 0. The van der Waals surface area contributed by atoms with Crippen molar-refractivity contribution in [2.24, 2.45) is 0 Å². The molecule has 3 aromatic heterocycles. The molecule has 0 unspecified atom stereocenters. The fourth-order valence-corrected chi connectivity index (χ4v) is 2.99. The van der Waals surface area contributed by atoms with Crippen molar-refractivity contribution in [2.45, 2.75) is 6.54 Å². The molecule has 25 heavy (non-hydrogen) atoms. The second kappa shape index (κ2) is 6.65. The first-order valence-electron chi connectivity index (χ1n) is 7.50. The standard InChI is InChI=1S/C16H13N7OS/c24-16(14-8-13(18-19-14)11-6-7-25-10-11)17-9-15-20-21-22-23(15)12-4-2-1-3-5-12/h1-8,10H,9H2,(H,17,24)(H,18,19). The lowest BCUT2D eigenvalue weighted by molar-refractivity contribution is 0.0944. The summed E-state index contributed by atoms with van der Waals surface area (Å²) in [7, 11) is 0. The highest BCUT2D eigenvalue weighted by molar-refractivity contribution is 7.08. The predicted molar refractivity (Wildman–Crippen MR) is 92.2 cm³/mol. The van der Waals surface area contributed by atoms with Gasteiger partial charge in [-0.2, -0.15) is 21.1 Å². The van der Waals surface area contributed by atoms with Gasteiger partial charge in [0.15, 0.2) is 5.82 Å². The minimum atomic E-state index is -0.267. The molecule has 1 aromatic carbocycles.